The first-order chi connectivity index (χ1) is 15.5. The summed E-state index contributed by atoms with van der Waals surface area (Å²) in [4.78, 5) is 4.61. The molecule has 0 fully saturated rings. The predicted molar refractivity (Wildman–Crippen MR) is 125 cm³/mol. The fourth-order valence-corrected chi connectivity index (χ4v) is 5.41. The quantitative estimate of drug-likeness (QED) is 0.361. The Morgan fingerprint density at radius 2 is 1.59 bits per heavy atom. The summed E-state index contributed by atoms with van der Waals surface area (Å²) in [5, 5.41) is 21.5. The summed E-state index contributed by atoms with van der Waals surface area (Å²) < 4.78 is 3.84. The number of hydrogen-bond acceptors (Lipinski definition) is 3. The van der Waals surface area contributed by atoms with E-state index in [1.807, 2.05) is 12.1 Å². The Labute approximate surface area is 185 Å². The maximum absolute atomic E-state index is 9.65. The van der Waals surface area contributed by atoms with Gasteiger partial charge in [-0.25, -0.2) is 0 Å². The standard InChI is InChI=1S/C27H19N5/c1-27(2)20-10-6-4-8-16(20)18-12-13-19-17-9-5-7-11-22(17)32(25(19)24(18)27)26-30-21(14-28)23(15-29)31(26)3/h4-13H,1-3H3. The molecule has 0 unspecified atom stereocenters. The molecule has 0 radical (unpaired) electrons. The van der Waals surface area contributed by atoms with Gasteiger partial charge in [0.2, 0.25) is 5.95 Å². The zero-order chi connectivity index (χ0) is 22.2. The minimum absolute atomic E-state index is 0.144. The first-order valence-corrected chi connectivity index (χ1v) is 10.5. The van der Waals surface area contributed by atoms with Gasteiger partial charge in [-0.2, -0.15) is 15.5 Å². The molecule has 5 aromatic rings. The zero-order valence-corrected chi connectivity index (χ0v) is 18.0. The minimum Gasteiger partial charge on any atom is -0.303 e. The fourth-order valence-electron chi connectivity index (χ4n) is 5.41. The molecule has 1 aliphatic rings. The van der Waals surface area contributed by atoms with Crippen molar-refractivity contribution in [3.63, 3.8) is 0 Å². The summed E-state index contributed by atoms with van der Waals surface area (Å²) in [6.07, 6.45) is 0. The van der Waals surface area contributed by atoms with Crippen molar-refractivity contribution in [2.24, 2.45) is 7.05 Å². The van der Waals surface area contributed by atoms with E-state index in [0.717, 1.165) is 21.8 Å². The van der Waals surface area contributed by atoms with Crippen molar-refractivity contribution in [2.45, 2.75) is 19.3 Å². The molecule has 5 heteroatoms. The highest BCUT2D eigenvalue weighted by atomic mass is 15.2. The van der Waals surface area contributed by atoms with Crippen LogP contribution in [-0.4, -0.2) is 14.1 Å². The molecule has 0 atom stereocenters. The van der Waals surface area contributed by atoms with Crippen molar-refractivity contribution >= 4 is 21.8 Å². The molecule has 5 nitrogen and oxygen atoms in total. The number of rotatable bonds is 1. The largest absolute Gasteiger partial charge is 0.303 e. The van der Waals surface area contributed by atoms with Crippen molar-refractivity contribution in [3.05, 3.63) is 83.2 Å². The van der Waals surface area contributed by atoms with Gasteiger partial charge in [-0.1, -0.05) is 68.4 Å². The van der Waals surface area contributed by atoms with Crippen LogP contribution in [-0.2, 0) is 12.5 Å². The van der Waals surface area contributed by atoms with Gasteiger partial charge in [-0.3, -0.25) is 4.57 Å². The first kappa shape index (κ1) is 18.4. The molecule has 2 aromatic heterocycles. The van der Waals surface area contributed by atoms with Gasteiger partial charge in [-0.05, 0) is 28.3 Å². The van der Waals surface area contributed by atoms with E-state index in [0.29, 0.717) is 5.95 Å². The van der Waals surface area contributed by atoms with Gasteiger partial charge in [0.25, 0.3) is 0 Å². The van der Waals surface area contributed by atoms with E-state index in [1.165, 1.54) is 22.3 Å². The molecule has 32 heavy (non-hydrogen) atoms. The Hall–Kier alpha value is -4.35. The molecule has 2 heterocycles. The number of imidazole rings is 1. The third-order valence-electron chi connectivity index (χ3n) is 6.84. The van der Waals surface area contributed by atoms with E-state index in [2.05, 4.69) is 84.1 Å². The van der Waals surface area contributed by atoms with Crippen LogP contribution in [0.4, 0.5) is 0 Å². The van der Waals surface area contributed by atoms with Crippen molar-refractivity contribution in [3.8, 4) is 29.2 Å². The van der Waals surface area contributed by atoms with Crippen LogP contribution in [0.3, 0.4) is 0 Å². The first-order valence-electron chi connectivity index (χ1n) is 10.5. The van der Waals surface area contributed by atoms with Crippen molar-refractivity contribution in [1.29, 1.82) is 10.5 Å². The highest BCUT2D eigenvalue weighted by molar-refractivity contribution is 6.12. The maximum Gasteiger partial charge on any atom is 0.216 e. The lowest BCUT2D eigenvalue weighted by Crippen LogP contribution is -2.17. The average molecular weight is 413 g/mol. The molecular weight excluding hydrogens is 394 g/mol. The van der Waals surface area contributed by atoms with E-state index in [1.54, 1.807) is 11.6 Å². The van der Waals surface area contributed by atoms with Crippen molar-refractivity contribution in [2.75, 3.05) is 0 Å². The van der Waals surface area contributed by atoms with E-state index in [9.17, 15) is 10.5 Å². The van der Waals surface area contributed by atoms with E-state index >= 15 is 0 Å². The lowest BCUT2D eigenvalue weighted by atomic mass is 9.81. The molecule has 0 bridgehead atoms. The monoisotopic (exact) mass is 413 g/mol. The van der Waals surface area contributed by atoms with Gasteiger partial charge >= 0.3 is 0 Å². The molecule has 6 rings (SSSR count). The van der Waals surface area contributed by atoms with Gasteiger partial charge in [0, 0.05) is 23.2 Å². The predicted octanol–water partition coefficient (Wildman–Crippen LogP) is 5.57. The molecule has 0 aliphatic heterocycles. The summed E-state index contributed by atoms with van der Waals surface area (Å²) >= 11 is 0. The van der Waals surface area contributed by atoms with Crippen molar-refractivity contribution < 1.29 is 0 Å². The zero-order valence-electron chi connectivity index (χ0n) is 18.0. The lowest BCUT2D eigenvalue weighted by molar-refractivity contribution is 0.663. The number of para-hydroxylation sites is 1. The SMILES string of the molecule is Cn1c(-n2c3ccccc3c3ccc4c(c32)C(C)(C)c2ccccc2-4)nc(C#N)c1C#N. The second kappa shape index (κ2) is 6.09. The molecule has 0 spiro atoms. The van der Waals surface area contributed by atoms with Gasteiger partial charge in [0.05, 0.1) is 11.0 Å². The molecular formula is C27H19N5. The third kappa shape index (κ3) is 2.08. The normalized spacial score (nSPS) is 13.7. The molecule has 0 saturated heterocycles. The smallest absolute Gasteiger partial charge is 0.216 e. The van der Waals surface area contributed by atoms with Gasteiger partial charge < -0.3 is 4.57 Å². The van der Waals surface area contributed by atoms with Gasteiger partial charge in [0.1, 0.15) is 12.1 Å². The van der Waals surface area contributed by atoms with Crippen LogP contribution in [0.5, 0.6) is 0 Å². The van der Waals surface area contributed by atoms with Crippen LogP contribution in [0, 0.1) is 22.7 Å². The van der Waals surface area contributed by atoms with Crippen LogP contribution in [0.25, 0.3) is 38.9 Å². The van der Waals surface area contributed by atoms with Gasteiger partial charge in [0.15, 0.2) is 11.4 Å². The minimum atomic E-state index is -0.209. The Morgan fingerprint density at radius 1 is 0.844 bits per heavy atom. The van der Waals surface area contributed by atoms with E-state index in [-0.39, 0.29) is 16.8 Å². The Morgan fingerprint density at radius 3 is 2.34 bits per heavy atom. The second-order valence-corrected chi connectivity index (χ2v) is 8.80. The summed E-state index contributed by atoms with van der Waals surface area (Å²) in [7, 11) is 1.80. The van der Waals surface area contributed by atoms with Crippen LogP contribution in [0.15, 0.2) is 60.7 Å². The Bertz CT molecular complexity index is 1680. The highest BCUT2D eigenvalue weighted by Crippen LogP contribution is 2.52. The molecule has 152 valence electrons. The molecule has 0 saturated carbocycles. The molecule has 0 amide bonds. The number of nitriles is 2. The maximum atomic E-state index is 9.65. The Kier molecular flexibility index (Phi) is 3.51. The third-order valence-corrected chi connectivity index (χ3v) is 6.84. The molecule has 1 aliphatic carbocycles. The second-order valence-electron chi connectivity index (χ2n) is 8.80. The van der Waals surface area contributed by atoms with Crippen LogP contribution >= 0.6 is 0 Å². The van der Waals surface area contributed by atoms with Crippen LogP contribution in [0.1, 0.15) is 36.4 Å². The topological polar surface area (TPSA) is 70.3 Å². The number of fused-ring (bicyclic) bond motifs is 7. The average Bonchev–Trinajstić information content (AvgIpc) is 3.39. The van der Waals surface area contributed by atoms with E-state index in [4.69, 9.17) is 0 Å². The van der Waals surface area contributed by atoms with Crippen LogP contribution in [0.2, 0.25) is 0 Å². The molecule has 3 aromatic carbocycles. The van der Waals surface area contributed by atoms with Gasteiger partial charge in [-0.15, -0.1) is 0 Å². The number of benzene rings is 3. The number of nitrogens with zero attached hydrogens (tertiary/aromatic N) is 5. The summed E-state index contributed by atoms with van der Waals surface area (Å²) in [5.74, 6) is 0.574. The molecule has 0 N–H and O–H groups in total. The summed E-state index contributed by atoms with van der Waals surface area (Å²) in [6, 6.07) is 25.4. The lowest BCUT2D eigenvalue weighted by Gasteiger charge is -2.23. The number of hydrogen-bond donors (Lipinski definition) is 0. The fraction of sp³-hybridized carbons (Fsp3) is 0.148. The summed E-state index contributed by atoms with van der Waals surface area (Å²) in [6.45, 7) is 4.53. The van der Waals surface area contributed by atoms with E-state index < -0.39 is 0 Å². The van der Waals surface area contributed by atoms with Crippen LogP contribution < -0.4 is 0 Å². The van der Waals surface area contributed by atoms with Crippen molar-refractivity contribution in [1.82, 2.24) is 14.1 Å². The Balaban J connectivity index is 1.85. The number of aromatic nitrogens is 3. The summed E-state index contributed by atoms with van der Waals surface area (Å²) in [5.41, 5.74) is 7.30. The highest BCUT2D eigenvalue weighted by Gasteiger charge is 2.38.